The van der Waals surface area contributed by atoms with Crippen LogP contribution in [0.5, 0.6) is 0 Å². The standard InChI is InChI=1S/C14H20O2/c1-11-8-12(2)16-14(11)10-15-9-13-6-4-3-5-7-13/h3-7,11-12,14H,8-10H2,1-2H3/t11-,12+,14-/m1/s1. The van der Waals surface area contributed by atoms with Gasteiger partial charge < -0.3 is 9.47 Å². The van der Waals surface area contributed by atoms with Crippen molar-refractivity contribution in [3.8, 4) is 0 Å². The molecule has 1 heterocycles. The van der Waals surface area contributed by atoms with E-state index in [-0.39, 0.29) is 6.10 Å². The SMILES string of the molecule is C[C@@H]1C[C@H](C)O[C@@H]1COCc1ccccc1. The summed E-state index contributed by atoms with van der Waals surface area (Å²) in [5.74, 6) is 0.616. The predicted octanol–water partition coefficient (Wildman–Crippen LogP) is 3.02. The quantitative estimate of drug-likeness (QED) is 0.776. The first-order chi connectivity index (χ1) is 7.75. The number of hydrogen-bond acceptors (Lipinski definition) is 2. The first-order valence-electron chi connectivity index (χ1n) is 6.03. The molecular formula is C14H20O2. The van der Waals surface area contributed by atoms with Gasteiger partial charge in [-0.1, -0.05) is 37.3 Å². The average molecular weight is 220 g/mol. The maximum Gasteiger partial charge on any atom is 0.0838 e. The molecule has 2 rings (SSSR count). The normalized spacial score (nSPS) is 29.5. The number of benzene rings is 1. The number of hydrogen-bond donors (Lipinski definition) is 0. The molecule has 0 saturated carbocycles. The predicted molar refractivity (Wildman–Crippen MR) is 64.2 cm³/mol. The molecule has 1 saturated heterocycles. The molecule has 2 nitrogen and oxygen atoms in total. The third kappa shape index (κ3) is 3.06. The lowest BCUT2D eigenvalue weighted by molar-refractivity contribution is -0.0242. The van der Waals surface area contributed by atoms with E-state index in [9.17, 15) is 0 Å². The van der Waals surface area contributed by atoms with Gasteiger partial charge in [-0.25, -0.2) is 0 Å². The van der Waals surface area contributed by atoms with Crippen molar-refractivity contribution in [2.45, 2.75) is 39.1 Å². The van der Waals surface area contributed by atoms with Crippen LogP contribution in [-0.2, 0) is 16.1 Å². The summed E-state index contributed by atoms with van der Waals surface area (Å²) in [4.78, 5) is 0. The van der Waals surface area contributed by atoms with E-state index in [1.807, 2.05) is 18.2 Å². The zero-order chi connectivity index (χ0) is 11.4. The fraction of sp³-hybridized carbons (Fsp3) is 0.571. The van der Waals surface area contributed by atoms with Crippen molar-refractivity contribution in [1.29, 1.82) is 0 Å². The molecule has 0 aromatic heterocycles. The second-order valence-corrected chi connectivity index (χ2v) is 4.70. The zero-order valence-electron chi connectivity index (χ0n) is 10.1. The highest BCUT2D eigenvalue weighted by Gasteiger charge is 2.29. The van der Waals surface area contributed by atoms with Gasteiger partial charge in [-0.15, -0.1) is 0 Å². The summed E-state index contributed by atoms with van der Waals surface area (Å²) in [5, 5.41) is 0. The smallest absolute Gasteiger partial charge is 0.0838 e. The number of rotatable bonds is 4. The minimum Gasteiger partial charge on any atom is -0.374 e. The maximum atomic E-state index is 5.79. The maximum absolute atomic E-state index is 5.79. The summed E-state index contributed by atoms with van der Waals surface area (Å²) < 4.78 is 11.5. The molecule has 1 aliphatic heterocycles. The Morgan fingerprint density at radius 2 is 2.00 bits per heavy atom. The van der Waals surface area contributed by atoms with Gasteiger partial charge in [0.05, 0.1) is 25.4 Å². The Bertz CT molecular complexity index is 310. The van der Waals surface area contributed by atoms with E-state index in [0.29, 0.717) is 25.2 Å². The van der Waals surface area contributed by atoms with Crippen LogP contribution in [0, 0.1) is 5.92 Å². The molecule has 1 aromatic carbocycles. The molecule has 0 amide bonds. The molecule has 0 N–H and O–H groups in total. The van der Waals surface area contributed by atoms with Crippen molar-refractivity contribution in [1.82, 2.24) is 0 Å². The van der Waals surface area contributed by atoms with Gasteiger partial charge in [-0.3, -0.25) is 0 Å². The van der Waals surface area contributed by atoms with E-state index < -0.39 is 0 Å². The van der Waals surface area contributed by atoms with E-state index in [0.717, 1.165) is 6.42 Å². The molecule has 0 radical (unpaired) electrons. The molecule has 0 unspecified atom stereocenters. The third-order valence-corrected chi connectivity index (χ3v) is 3.14. The summed E-state index contributed by atoms with van der Waals surface area (Å²) in [6.45, 7) is 5.76. The van der Waals surface area contributed by atoms with Crippen LogP contribution in [0.3, 0.4) is 0 Å². The molecule has 1 fully saturated rings. The van der Waals surface area contributed by atoms with Gasteiger partial charge in [0.15, 0.2) is 0 Å². The zero-order valence-corrected chi connectivity index (χ0v) is 10.1. The van der Waals surface area contributed by atoms with Crippen molar-refractivity contribution < 1.29 is 9.47 Å². The van der Waals surface area contributed by atoms with Crippen molar-refractivity contribution >= 4 is 0 Å². The van der Waals surface area contributed by atoms with Crippen LogP contribution in [0.15, 0.2) is 30.3 Å². The second kappa shape index (κ2) is 5.46. The highest BCUT2D eigenvalue weighted by molar-refractivity contribution is 5.13. The monoisotopic (exact) mass is 220 g/mol. The molecule has 0 spiro atoms. The van der Waals surface area contributed by atoms with E-state index in [1.54, 1.807) is 0 Å². The van der Waals surface area contributed by atoms with Crippen molar-refractivity contribution in [2.75, 3.05) is 6.61 Å². The Morgan fingerprint density at radius 1 is 1.25 bits per heavy atom. The van der Waals surface area contributed by atoms with Crippen LogP contribution in [0.4, 0.5) is 0 Å². The molecule has 0 aliphatic carbocycles. The average Bonchev–Trinajstić information content (AvgIpc) is 2.59. The molecule has 88 valence electrons. The third-order valence-electron chi connectivity index (χ3n) is 3.14. The Hall–Kier alpha value is -0.860. The highest BCUT2D eigenvalue weighted by Crippen LogP contribution is 2.25. The fourth-order valence-corrected chi connectivity index (χ4v) is 2.23. The van der Waals surface area contributed by atoms with E-state index in [2.05, 4.69) is 26.0 Å². The lowest BCUT2D eigenvalue weighted by atomic mass is 10.0. The first-order valence-corrected chi connectivity index (χ1v) is 6.03. The van der Waals surface area contributed by atoms with Gasteiger partial charge >= 0.3 is 0 Å². The Labute approximate surface area is 97.6 Å². The largest absolute Gasteiger partial charge is 0.374 e. The Morgan fingerprint density at radius 3 is 2.62 bits per heavy atom. The second-order valence-electron chi connectivity index (χ2n) is 4.70. The highest BCUT2D eigenvalue weighted by atomic mass is 16.5. The Balaban J connectivity index is 1.72. The van der Waals surface area contributed by atoms with Crippen LogP contribution < -0.4 is 0 Å². The Kier molecular flexibility index (Phi) is 3.97. The van der Waals surface area contributed by atoms with E-state index >= 15 is 0 Å². The number of ether oxygens (including phenoxy) is 2. The van der Waals surface area contributed by atoms with Gasteiger partial charge in [0.1, 0.15) is 0 Å². The van der Waals surface area contributed by atoms with Gasteiger partial charge in [0.25, 0.3) is 0 Å². The van der Waals surface area contributed by atoms with E-state index in [1.165, 1.54) is 5.56 Å². The molecular weight excluding hydrogens is 200 g/mol. The summed E-state index contributed by atoms with van der Waals surface area (Å²) >= 11 is 0. The summed E-state index contributed by atoms with van der Waals surface area (Å²) in [6.07, 6.45) is 1.82. The fourth-order valence-electron chi connectivity index (χ4n) is 2.23. The van der Waals surface area contributed by atoms with Crippen molar-refractivity contribution in [3.05, 3.63) is 35.9 Å². The minimum atomic E-state index is 0.277. The minimum absolute atomic E-state index is 0.277. The summed E-state index contributed by atoms with van der Waals surface area (Å²) in [6, 6.07) is 10.3. The topological polar surface area (TPSA) is 18.5 Å². The van der Waals surface area contributed by atoms with Gasteiger partial charge in [0.2, 0.25) is 0 Å². The van der Waals surface area contributed by atoms with Crippen LogP contribution in [0.2, 0.25) is 0 Å². The van der Waals surface area contributed by atoms with Crippen LogP contribution in [-0.4, -0.2) is 18.8 Å². The van der Waals surface area contributed by atoms with Gasteiger partial charge in [-0.2, -0.15) is 0 Å². The lowest BCUT2D eigenvalue weighted by Crippen LogP contribution is -2.20. The van der Waals surface area contributed by atoms with Crippen molar-refractivity contribution in [3.63, 3.8) is 0 Å². The molecule has 16 heavy (non-hydrogen) atoms. The first kappa shape index (κ1) is 11.6. The molecule has 2 heteroatoms. The van der Waals surface area contributed by atoms with Crippen LogP contribution in [0.1, 0.15) is 25.8 Å². The van der Waals surface area contributed by atoms with Crippen LogP contribution >= 0.6 is 0 Å². The van der Waals surface area contributed by atoms with Crippen LogP contribution in [0.25, 0.3) is 0 Å². The van der Waals surface area contributed by atoms with E-state index in [4.69, 9.17) is 9.47 Å². The lowest BCUT2D eigenvalue weighted by Gasteiger charge is -2.15. The summed E-state index contributed by atoms with van der Waals surface area (Å²) in [5.41, 5.74) is 1.22. The molecule has 1 aliphatic rings. The molecule has 3 atom stereocenters. The van der Waals surface area contributed by atoms with Gasteiger partial charge in [-0.05, 0) is 24.8 Å². The van der Waals surface area contributed by atoms with Gasteiger partial charge in [0, 0.05) is 0 Å². The molecule has 1 aromatic rings. The molecule has 0 bridgehead atoms. The van der Waals surface area contributed by atoms with Crippen molar-refractivity contribution in [2.24, 2.45) is 5.92 Å². The summed E-state index contributed by atoms with van der Waals surface area (Å²) in [7, 11) is 0.